The maximum absolute atomic E-state index is 5.72. The summed E-state index contributed by atoms with van der Waals surface area (Å²) >= 11 is 0. The number of hydrogen-bond acceptors (Lipinski definition) is 2. The van der Waals surface area contributed by atoms with Crippen LogP contribution in [-0.4, -0.2) is 20.2 Å². The van der Waals surface area contributed by atoms with Gasteiger partial charge in [-0.2, -0.15) is 0 Å². The van der Waals surface area contributed by atoms with Gasteiger partial charge in [0.25, 0.3) is 0 Å². The second kappa shape index (κ2) is 4.11. The molecule has 0 aliphatic carbocycles. The molecule has 2 rings (SSSR count). The quantitative estimate of drug-likeness (QED) is 0.770. The molecule has 0 radical (unpaired) electrons. The maximum atomic E-state index is 5.72. The molecule has 0 bridgehead atoms. The first-order chi connectivity index (χ1) is 6.81. The van der Waals surface area contributed by atoms with Gasteiger partial charge in [0.15, 0.2) is 0 Å². The molecule has 0 spiro atoms. The van der Waals surface area contributed by atoms with Gasteiger partial charge in [-0.15, -0.1) is 0 Å². The predicted molar refractivity (Wildman–Crippen MR) is 57.5 cm³/mol. The van der Waals surface area contributed by atoms with E-state index >= 15 is 0 Å². The van der Waals surface area contributed by atoms with Crippen molar-refractivity contribution >= 4 is 0 Å². The molecule has 14 heavy (non-hydrogen) atoms. The molecule has 0 saturated carbocycles. The number of nitrogens with one attached hydrogen (secondary N) is 1. The number of fused-ring (bicyclic) bond motifs is 1. The van der Waals surface area contributed by atoms with E-state index in [1.165, 1.54) is 16.7 Å². The fourth-order valence-electron chi connectivity index (χ4n) is 2.02. The Labute approximate surface area is 85.3 Å². The standard InChI is InChI=1S/C12H17NO/c1-9-3-4-11-10(7-9)5-6-14-12(11)8-13-2/h3-4,7,12-13H,5-6,8H2,1-2H3/t12-/m0/s1. The number of hydrogen-bond donors (Lipinski definition) is 1. The van der Waals surface area contributed by atoms with E-state index in [2.05, 4.69) is 30.4 Å². The maximum Gasteiger partial charge on any atom is 0.0951 e. The van der Waals surface area contributed by atoms with Crippen LogP contribution in [0.2, 0.25) is 0 Å². The molecule has 0 saturated heterocycles. The van der Waals surface area contributed by atoms with Gasteiger partial charge in [0.05, 0.1) is 12.7 Å². The first kappa shape index (κ1) is 9.69. The van der Waals surface area contributed by atoms with E-state index in [0.29, 0.717) is 0 Å². The van der Waals surface area contributed by atoms with Crippen LogP contribution in [0, 0.1) is 6.92 Å². The van der Waals surface area contributed by atoms with Crippen LogP contribution >= 0.6 is 0 Å². The summed E-state index contributed by atoms with van der Waals surface area (Å²) in [6.45, 7) is 3.89. The molecule has 0 amide bonds. The zero-order valence-electron chi connectivity index (χ0n) is 8.84. The van der Waals surface area contributed by atoms with Crippen molar-refractivity contribution in [2.45, 2.75) is 19.4 Å². The molecule has 1 N–H and O–H groups in total. The Kier molecular flexibility index (Phi) is 2.85. The van der Waals surface area contributed by atoms with Gasteiger partial charge in [-0.25, -0.2) is 0 Å². The molecule has 2 heteroatoms. The van der Waals surface area contributed by atoms with Gasteiger partial charge in [-0.1, -0.05) is 23.8 Å². The van der Waals surface area contributed by atoms with E-state index in [4.69, 9.17) is 4.74 Å². The second-order valence-corrected chi connectivity index (χ2v) is 3.87. The summed E-state index contributed by atoms with van der Waals surface area (Å²) < 4.78 is 5.72. The lowest BCUT2D eigenvalue weighted by molar-refractivity contribution is 0.0438. The van der Waals surface area contributed by atoms with Crippen molar-refractivity contribution < 1.29 is 4.74 Å². The Hall–Kier alpha value is -0.860. The molecule has 1 aromatic carbocycles. The zero-order valence-corrected chi connectivity index (χ0v) is 8.84. The summed E-state index contributed by atoms with van der Waals surface area (Å²) in [6.07, 6.45) is 1.29. The van der Waals surface area contributed by atoms with Gasteiger partial charge in [0, 0.05) is 6.54 Å². The fraction of sp³-hybridized carbons (Fsp3) is 0.500. The SMILES string of the molecule is CNC[C@@H]1OCCc2cc(C)ccc21. The highest BCUT2D eigenvalue weighted by atomic mass is 16.5. The summed E-state index contributed by atoms with van der Waals surface area (Å²) in [7, 11) is 1.96. The Bertz CT molecular complexity index is 322. The van der Waals surface area contributed by atoms with Gasteiger partial charge in [-0.3, -0.25) is 0 Å². The van der Waals surface area contributed by atoms with Crippen LogP contribution in [0.15, 0.2) is 18.2 Å². The van der Waals surface area contributed by atoms with E-state index in [1.807, 2.05) is 7.05 Å². The molecule has 0 fully saturated rings. The minimum absolute atomic E-state index is 0.240. The number of rotatable bonds is 2. The Morgan fingerprint density at radius 1 is 1.50 bits per heavy atom. The topological polar surface area (TPSA) is 21.3 Å². The van der Waals surface area contributed by atoms with E-state index in [0.717, 1.165) is 19.6 Å². The summed E-state index contributed by atoms with van der Waals surface area (Å²) in [5.41, 5.74) is 4.15. The third-order valence-corrected chi connectivity index (χ3v) is 2.73. The lowest BCUT2D eigenvalue weighted by Crippen LogP contribution is -2.25. The minimum Gasteiger partial charge on any atom is -0.372 e. The lowest BCUT2D eigenvalue weighted by atomic mass is 9.96. The van der Waals surface area contributed by atoms with Crippen LogP contribution in [0.3, 0.4) is 0 Å². The molecular weight excluding hydrogens is 174 g/mol. The Morgan fingerprint density at radius 2 is 2.36 bits per heavy atom. The number of ether oxygens (including phenoxy) is 1. The molecule has 2 nitrogen and oxygen atoms in total. The van der Waals surface area contributed by atoms with Gasteiger partial charge >= 0.3 is 0 Å². The number of aryl methyl sites for hydroxylation is 1. The highest BCUT2D eigenvalue weighted by Crippen LogP contribution is 2.27. The molecule has 0 unspecified atom stereocenters. The van der Waals surface area contributed by atoms with E-state index in [1.54, 1.807) is 0 Å². The van der Waals surface area contributed by atoms with E-state index in [9.17, 15) is 0 Å². The lowest BCUT2D eigenvalue weighted by Gasteiger charge is -2.26. The van der Waals surface area contributed by atoms with Gasteiger partial charge < -0.3 is 10.1 Å². The average Bonchev–Trinajstić information content (AvgIpc) is 2.18. The molecule has 1 heterocycles. The largest absolute Gasteiger partial charge is 0.372 e. The first-order valence-corrected chi connectivity index (χ1v) is 5.17. The fourth-order valence-corrected chi connectivity index (χ4v) is 2.02. The van der Waals surface area contributed by atoms with Crippen molar-refractivity contribution in [3.05, 3.63) is 34.9 Å². The highest BCUT2D eigenvalue weighted by Gasteiger charge is 2.19. The van der Waals surface area contributed by atoms with Crippen LogP contribution < -0.4 is 5.32 Å². The molecule has 0 aromatic heterocycles. The predicted octanol–water partition coefficient (Wildman–Crippen LogP) is 1.83. The van der Waals surface area contributed by atoms with Crippen molar-refractivity contribution in [3.63, 3.8) is 0 Å². The third kappa shape index (κ3) is 1.81. The van der Waals surface area contributed by atoms with Crippen LogP contribution in [0.5, 0.6) is 0 Å². The van der Waals surface area contributed by atoms with E-state index in [-0.39, 0.29) is 6.10 Å². The van der Waals surface area contributed by atoms with Crippen molar-refractivity contribution in [3.8, 4) is 0 Å². The smallest absolute Gasteiger partial charge is 0.0951 e. The Morgan fingerprint density at radius 3 is 3.14 bits per heavy atom. The molecule has 1 aromatic rings. The van der Waals surface area contributed by atoms with Crippen LogP contribution in [0.4, 0.5) is 0 Å². The summed E-state index contributed by atoms with van der Waals surface area (Å²) in [5, 5.41) is 3.17. The monoisotopic (exact) mass is 191 g/mol. The zero-order chi connectivity index (χ0) is 9.97. The molecule has 1 aliphatic heterocycles. The Balaban J connectivity index is 2.30. The van der Waals surface area contributed by atoms with Crippen LogP contribution in [0.25, 0.3) is 0 Å². The van der Waals surface area contributed by atoms with E-state index < -0.39 is 0 Å². The van der Waals surface area contributed by atoms with Gasteiger partial charge in [0.2, 0.25) is 0 Å². The summed E-state index contributed by atoms with van der Waals surface area (Å²) in [5.74, 6) is 0. The van der Waals surface area contributed by atoms with Crippen LogP contribution in [0.1, 0.15) is 22.8 Å². The van der Waals surface area contributed by atoms with Crippen molar-refractivity contribution in [2.75, 3.05) is 20.2 Å². The minimum atomic E-state index is 0.240. The second-order valence-electron chi connectivity index (χ2n) is 3.87. The van der Waals surface area contributed by atoms with Gasteiger partial charge in [0.1, 0.15) is 0 Å². The number of benzene rings is 1. The normalized spacial score (nSPS) is 20.6. The average molecular weight is 191 g/mol. The molecule has 76 valence electrons. The molecular formula is C12H17NO. The third-order valence-electron chi connectivity index (χ3n) is 2.73. The van der Waals surface area contributed by atoms with Crippen molar-refractivity contribution in [2.24, 2.45) is 0 Å². The molecule has 1 atom stereocenters. The van der Waals surface area contributed by atoms with Crippen molar-refractivity contribution in [1.82, 2.24) is 5.32 Å². The van der Waals surface area contributed by atoms with Crippen molar-refractivity contribution in [1.29, 1.82) is 0 Å². The summed E-state index contributed by atoms with van der Waals surface area (Å²) in [4.78, 5) is 0. The van der Waals surface area contributed by atoms with Crippen LogP contribution in [-0.2, 0) is 11.2 Å². The first-order valence-electron chi connectivity index (χ1n) is 5.17. The van der Waals surface area contributed by atoms with Gasteiger partial charge in [-0.05, 0) is 31.5 Å². The number of likely N-dealkylation sites (N-methyl/N-ethyl adjacent to an activating group) is 1. The highest BCUT2D eigenvalue weighted by molar-refractivity contribution is 5.34. The summed E-state index contributed by atoms with van der Waals surface area (Å²) in [6, 6.07) is 6.64. The molecule has 1 aliphatic rings.